The molecule has 0 spiro atoms. The van der Waals surface area contributed by atoms with Crippen LogP contribution in [0.25, 0.3) is 0 Å². The van der Waals surface area contributed by atoms with E-state index in [-0.39, 0.29) is 24.2 Å². The molecule has 5 nitrogen and oxygen atoms in total. The number of nitrogens with two attached hydrogens (primary N) is 1. The first-order valence-corrected chi connectivity index (χ1v) is 8.63. The van der Waals surface area contributed by atoms with Gasteiger partial charge in [0.15, 0.2) is 0 Å². The number of hydrogen-bond acceptors (Lipinski definition) is 4. The van der Waals surface area contributed by atoms with Gasteiger partial charge in [0.1, 0.15) is 5.75 Å². The van der Waals surface area contributed by atoms with Crippen molar-refractivity contribution in [3.05, 3.63) is 24.3 Å². The number of amides is 1. The summed E-state index contributed by atoms with van der Waals surface area (Å²) in [5.41, 5.74) is 6.85. The van der Waals surface area contributed by atoms with Crippen LogP contribution in [0.3, 0.4) is 0 Å². The van der Waals surface area contributed by atoms with Gasteiger partial charge in [-0.3, -0.25) is 4.79 Å². The Balaban J connectivity index is 0.00000208. The second kappa shape index (κ2) is 9.25. The Morgan fingerprint density at radius 3 is 2.62 bits per heavy atom. The second-order valence-corrected chi connectivity index (χ2v) is 6.52. The normalized spacial score (nSPS) is 20.2. The van der Waals surface area contributed by atoms with Crippen molar-refractivity contribution in [1.82, 2.24) is 0 Å². The predicted octanol–water partition coefficient (Wildman–Crippen LogP) is 3.12. The highest BCUT2D eigenvalue weighted by Crippen LogP contribution is 2.26. The van der Waals surface area contributed by atoms with Gasteiger partial charge in [0, 0.05) is 25.0 Å². The van der Waals surface area contributed by atoms with Crippen molar-refractivity contribution in [3.8, 4) is 5.75 Å². The van der Waals surface area contributed by atoms with Gasteiger partial charge in [-0.25, -0.2) is 0 Å². The average molecular weight is 355 g/mol. The molecule has 1 aliphatic heterocycles. The number of anilines is 1. The molecule has 24 heavy (non-hydrogen) atoms. The topological polar surface area (TPSA) is 73.6 Å². The summed E-state index contributed by atoms with van der Waals surface area (Å²) >= 11 is 0. The van der Waals surface area contributed by atoms with E-state index in [1.54, 1.807) is 0 Å². The van der Waals surface area contributed by atoms with Crippen LogP contribution in [-0.2, 0) is 9.53 Å². The fourth-order valence-electron chi connectivity index (χ4n) is 3.36. The lowest BCUT2D eigenvalue weighted by atomic mass is 9.92. The van der Waals surface area contributed by atoms with Crippen LogP contribution in [0.15, 0.2) is 24.3 Å². The summed E-state index contributed by atoms with van der Waals surface area (Å²) in [6, 6.07) is 7.10. The van der Waals surface area contributed by atoms with E-state index < -0.39 is 6.04 Å². The van der Waals surface area contributed by atoms with Crippen molar-refractivity contribution in [2.24, 2.45) is 11.7 Å². The zero-order valence-electron chi connectivity index (χ0n) is 13.9. The minimum atomic E-state index is -0.488. The van der Waals surface area contributed by atoms with Gasteiger partial charge in [-0.05, 0) is 56.6 Å². The summed E-state index contributed by atoms with van der Waals surface area (Å²) in [5, 5.41) is 2.92. The SMILES string of the molecule is Cl.NC(C(=O)Nc1cccc(OC2CCCC2)c1)C1CCOCC1. The molecule has 0 radical (unpaired) electrons. The van der Waals surface area contributed by atoms with Gasteiger partial charge in [0.05, 0.1) is 12.1 Å². The van der Waals surface area contributed by atoms with Crippen molar-refractivity contribution in [3.63, 3.8) is 0 Å². The minimum Gasteiger partial charge on any atom is -0.490 e. The predicted molar refractivity (Wildman–Crippen MR) is 96.7 cm³/mol. The third-order valence-electron chi connectivity index (χ3n) is 4.78. The van der Waals surface area contributed by atoms with Crippen LogP contribution in [0.5, 0.6) is 5.75 Å². The molecule has 1 aliphatic carbocycles. The molecule has 1 aromatic carbocycles. The molecule has 1 heterocycles. The molecule has 6 heteroatoms. The quantitative estimate of drug-likeness (QED) is 0.852. The maximum atomic E-state index is 12.3. The Hall–Kier alpha value is -1.30. The van der Waals surface area contributed by atoms with Crippen LogP contribution >= 0.6 is 12.4 Å². The number of halogens is 1. The monoisotopic (exact) mass is 354 g/mol. The van der Waals surface area contributed by atoms with Gasteiger partial charge in [-0.1, -0.05) is 6.07 Å². The van der Waals surface area contributed by atoms with Crippen LogP contribution in [0.4, 0.5) is 5.69 Å². The molecule has 3 rings (SSSR count). The molecule has 1 amide bonds. The first kappa shape index (κ1) is 19.0. The molecule has 1 unspecified atom stereocenters. The van der Waals surface area contributed by atoms with E-state index in [0.29, 0.717) is 19.3 Å². The number of hydrogen-bond donors (Lipinski definition) is 2. The van der Waals surface area contributed by atoms with E-state index >= 15 is 0 Å². The van der Waals surface area contributed by atoms with Gasteiger partial charge in [0.25, 0.3) is 0 Å². The van der Waals surface area contributed by atoms with Crippen LogP contribution in [-0.4, -0.2) is 31.3 Å². The molecule has 3 N–H and O–H groups in total. The van der Waals surface area contributed by atoms with Crippen molar-refractivity contribution in [2.75, 3.05) is 18.5 Å². The highest BCUT2D eigenvalue weighted by molar-refractivity contribution is 5.95. The van der Waals surface area contributed by atoms with Crippen molar-refractivity contribution < 1.29 is 14.3 Å². The number of rotatable bonds is 5. The summed E-state index contributed by atoms with van der Waals surface area (Å²) in [7, 11) is 0. The largest absolute Gasteiger partial charge is 0.490 e. The molecule has 134 valence electrons. The molecule has 2 fully saturated rings. The van der Waals surface area contributed by atoms with Gasteiger partial charge in [-0.2, -0.15) is 0 Å². The van der Waals surface area contributed by atoms with E-state index in [0.717, 1.165) is 37.1 Å². The molecule has 1 saturated heterocycles. The number of nitrogens with one attached hydrogen (secondary N) is 1. The highest BCUT2D eigenvalue weighted by atomic mass is 35.5. The summed E-state index contributed by atoms with van der Waals surface area (Å²) in [6.07, 6.45) is 6.71. The van der Waals surface area contributed by atoms with Gasteiger partial charge in [0.2, 0.25) is 5.91 Å². The molecule has 0 aromatic heterocycles. The van der Waals surface area contributed by atoms with Crippen molar-refractivity contribution in [2.45, 2.75) is 50.7 Å². The second-order valence-electron chi connectivity index (χ2n) is 6.52. The van der Waals surface area contributed by atoms with E-state index in [4.69, 9.17) is 15.2 Å². The van der Waals surface area contributed by atoms with Crippen LogP contribution in [0, 0.1) is 5.92 Å². The van der Waals surface area contributed by atoms with Crippen molar-refractivity contribution >= 4 is 24.0 Å². The molecule has 2 aliphatic rings. The maximum absolute atomic E-state index is 12.3. The Kier molecular flexibility index (Phi) is 7.34. The number of benzene rings is 1. The number of carbonyl (C=O) groups excluding carboxylic acids is 1. The van der Waals surface area contributed by atoms with E-state index in [1.807, 2.05) is 24.3 Å². The lowest BCUT2D eigenvalue weighted by Crippen LogP contribution is -2.44. The number of carbonyl (C=O) groups is 1. The number of ether oxygens (including phenoxy) is 2. The van der Waals surface area contributed by atoms with Crippen LogP contribution in [0.1, 0.15) is 38.5 Å². The van der Waals surface area contributed by atoms with E-state index in [2.05, 4.69) is 5.32 Å². The Bertz CT molecular complexity index is 529. The Morgan fingerprint density at radius 2 is 1.92 bits per heavy atom. The lowest BCUT2D eigenvalue weighted by molar-refractivity contribution is -0.119. The summed E-state index contributed by atoms with van der Waals surface area (Å²) < 4.78 is 11.3. The zero-order chi connectivity index (χ0) is 16.1. The fourth-order valence-corrected chi connectivity index (χ4v) is 3.36. The Morgan fingerprint density at radius 1 is 1.21 bits per heavy atom. The lowest BCUT2D eigenvalue weighted by Gasteiger charge is -2.26. The standard InChI is InChI=1S/C18H26N2O3.ClH/c19-17(13-8-10-22-11-9-13)18(21)20-14-4-3-7-16(12-14)23-15-5-1-2-6-15;/h3-4,7,12-13,15,17H,1-2,5-6,8-11,19H2,(H,20,21);1H. The highest BCUT2D eigenvalue weighted by Gasteiger charge is 2.26. The van der Waals surface area contributed by atoms with E-state index in [1.165, 1.54) is 12.8 Å². The summed E-state index contributed by atoms with van der Waals surface area (Å²) in [5.74, 6) is 0.880. The first-order valence-electron chi connectivity index (χ1n) is 8.63. The van der Waals surface area contributed by atoms with Gasteiger partial charge < -0.3 is 20.5 Å². The smallest absolute Gasteiger partial charge is 0.241 e. The fraction of sp³-hybridized carbons (Fsp3) is 0.611. The Labute approximate surface area is 149 Å². The van der Waals surface area contributed by atoms with Crippen molar-refractivity contribution in [1.29, 1.82) is 0 Å². The molecule has 1 aromatic rings. The average Bonchev–Trinajstić information content (AvgIpc) is 3.08. The summed E-state index contributed by atoms with van der Waals surface area (Å²) in [4.78, 5) is 12.3. The maximum Gasteiger partial charge on any atom is 0.241 e. The molecule has 1 saturated carbocycles. The zero-order valence-corrected chi connectivity index (χ0v) is 14.7. The molecule has 0 bridgehead atoms. The van der Waals surface area contributed by atoms with Crippen LogP contribution < -0.4 is 15.8 Å². The van der Waals surface area contributed by atoms with E-state index in [9.17, 15) is 4.79 Å². The summed E-state index contributed by atoms with van der Waals surface area (Å²) in [6.45, 7) is 1.38. The minimum absolute atomic E-state index is 0. The van der Waals surface area contributed by atoms with Crippen LogP contribution in [0.2, 0.25) is 0 Å². The molecular formula is C18H27ClN2O3. The first-order chi connectivity index (χ1) is 11.2. The third kappa shape index (κ3) is 5.10. The van der Waals surface area contributed by atoms with Gasteiger partial charge in [-0.15, -0.1) is 12.4 Å². The molecule has 1 atom stereocenters. The van der Waals surface area contributed by atoms with Gasteiger partial charge >= 0.3 is 0 Å². The molecular weight excluding hydrogens is 328 g/mol. The third-order valence-corrected chi connectivity index (χ3v) is 4.78.